The smallest absolute Gasteiger partial charge is 0.416 e. The minimum absolute atomic E-state index is 0.0489. The number of urea groups is 1. The minimum Gasteiger partial charge on any atom is -0.493 e. The number of carbonyl (C=O) groups excluding carboxylic acids is 1. The minimum atomic E-state index is -4.46. The van der Waals surface area contributed by atoms with Crippen molar-refractivity contribution < 1.29 is 27.4 Å². The molecule has 1 heterocycles. The number of benzene rings is 2. The largest absolute Gasteiger partial charge is 0.493 e. The number of nitrogens with zero attached hydrogens (tertiary/aromatic N) is 1. The molecule has 2 N–H and O–H groups in total. The van der Waals surface area contributed by atoms with E-state index in [1.807, 2.05) is 6.07 Å². The molecule has 9 heteroatoms. The summed E-state index contributed by atoms with van der Waals surface area (Å²) in [6.07, 6.45) is 5.26. The molecule has 39 heavy (non-hydrogen) atoms. The van der Waals surface area contributed by atoms with Crippen molar-refractivity contribution in [2.75, 3.05) is 26.1 Å². The number of alkyl halides is 3. The Bertz CT molecular complexity index is 1170. The van der Waals surface area contributed by atoms with Gasteiger partial charge in [-0.3, -0.25) is 4.90 Å². The van der Waals surface area contributed by atoms with E-state index in [1.54, 1.807) is 14.2 Å². The molecule has 3 aliphatic rings. The quantitative estimate of drug-likeness (QED) is 0.422. The van der Waals surface area contributed by atoms with Gasteiger partial charge < -0.3 is 20.1 Å². The first kappa shape index (κ1) is 27.6. The van der Waals surface area contributed by atoms with Crippen LogP contribution in [0.1, 0.15) is 68.9 Å². The molecule has 3 atom stereocenters. The van der Waals surface area contributed by atoms with E-state index in [-0.39, 0.29) is 23.2 Å². The standard InChI is InChI=1S/C30H38F3N3O3/c1-38-25-12-11-20(18-26(25)39-2)29-14-13-23(19-27(29)36(16-15-29)24-9-4-3-5-10-24)35-28(37)34-22-8-6-7-21(17-22)30(31,32)33/h6-8,11-12,17-18,23-24,27H,3-5,9-10,13-16,19H2,1-2H3,(H2,34,35,37). The molecule has 0 spiro atoms. The highest BCUT2D eigenvalue weighted by molar-refractivity contribution is 5.89. The van der Waals surface area contributed by atoms with E-state index in [0.29, 0.717) is 11.8 Å². The predicted octanol–water partition coefficient (Wildman–Crippen LogP) is 6.74. The van der Waals surface area contributed by atoms with Crippen molar-refractivity contribution in [1.82, 2.24) is 10.2 Å². The lowest BCUT2D eigenvalue weighted by Gasteiger charge is -2.47. The first-order valence-electron chi connectivity index (χ1n) is 14.0. The predicted molar refractivity (Wildman–Crippen MR) is 144 cm³/mol. The third kappa shape index (κ3) is 5.69. The Balaban J connectivity index is 1.35. The molecule has 1 aliphatic heterocycles. The molecule has 2 aromatic carbocycles. The first-order valence-corrected chi connectivity index (χ1v) is 14.0. The fraction of sp³-hybridized carbons (Fsp3) is 0.567. The molecule has 2 amide bonds. The summed E-state index contributed by atoms with van der Waals surface area (Å²) in [5.41, 5.74) is 0.539. The van der Waals surface area contributed by atoms with Crippen molar-refractivity contribution in [3.63, 3.8) is 0 Å². The molecule has 3 unspecified atom stereocenters. The Hall–Kier alpha value is -2.94. The van der Waals surface area contributed by atoms with E-state index in [4.69, 9.17) is 9.47 Å². The summed E-state index contributed by atoms with van der Waals surface area (Å²) in [6, 6.07) is 11.2. The summed E-state index contributed by atoms with van der Waals surface area (Å²) < 4.78 is 50.5. The van der Waals surface area contributed by atoms with E-state index in [2.05, 4.69) is 27.7 Å². The maximum Gasteiger partial charge on any atom is 0.416 e. The molecule has 212 valence electrons. The number of ether oxygens (including phenoxy) is 2. The van der Waals surface area contributed by atoms with Crippen LogP contribution in [0, 0.1) is 0 Å². The Morgan fingerprint density at radius 1 is 0.974 bits per heavy atom. The van der Waals surface area contributed by atoms with E-state index in [1.165, 1.54) is 49.8 Å². The van der Waals surface area contributed by atoms with Gasteiger partial charge in [0.15, 0.2) is 11.5 Å². The fourth-order valence-electron chi connectivity index (χ4n) is 7.17. The van der Waals surface area contributed by atoms with Crippen LogP contribution in [0.25, 0.3) is 0 Å². The Morgan fingerprint density at radius 2 is 1.74 bits per heavy atom. The molecule has 3 fully saturated rings. The van der Waals surface area contributed by atoms with Crippen LogP contribution < -0.4 is 20.1 Å². The molecule has 6 nitrogen and oxygen atoms in total. The SMILES string of the molecule is COc1ccc(C23CCC(NC(=O)Nc4cccc(C(F)(F)F)c4)CC2N(C2CCCCC2)CC3)cc1OC. The second kappa shape index (κ2) is 11.3. The van der Waals surface area contributed by atoms with Crippen LogP contribution in [0.4, 0.5) is 23.7 Å². The topological polar surface area (TPSA) is 62.8 Å². The average Bonchev–Trinajstić information content (AvgIpc) is 3.32. The number of carbonyl (C=O) groups is 1. The van der Waals surface area contributed by atoms with Crippen molar-refractivity contribution in [1.29, 1.82) is 0 Å². The number of likely N-dealkylation sites (tertiary alicyclic amines) is 1. The average molecular weight is 546 g/mol. The van der Waals surface area contributed by atoms with Crippen LogP contribution in [0.2, 0.25) is 0 Å². The number of rotatable bonds is 6. The van der Waals surface area contributed by atoms with Gasteiger partial charge in [-0.05, 0) is 81.0 Å². The number of amides is 2. The molecule has 1 saturated heterocycles. The van der Waals surface area contributed by atoms with Gasteiger partial charge in [-0.25, -0.2) is 4.79 Å². The van der Waals surface area contributed by atoms with Gasteiger partial charge in [0, 0.05) is 29.2 Å². The molecule has 0 aromatic heterocycles. The molecule has 5 rings (SSSR count). The number of fused-ring (bicyclic) bond motifs is 1. The van der Waals surface area contributed by atoms with E-state index >= 15 is 0 Å². The summed E-state index contributed by atoms with van der Waals surface area (Å²) >= 11 is 0. The zero-order chi connectivity index (χ0) is 27.6. The summed E-state index contributed by atoms with van der Waals surface area (Å²) in [5, 5.41) is 5.68. The van der Waals surface area contributed by atoms with Crippen molar-refractivity contribution in [2.45, 2.75) is 87.5 Å². The van der Waals surface area contributed by atoms with Gasteiger partial charge in [-0.1, -0.05) is 31.4 Å². The van der Waals surface area contributed by atoms with Crippen molar-refractivity contribution >= 4 is 11.7 Å². The number of hydrogen-bond acceptors (Lipinski definition) is 4. The Labute approximate surface area is 228 Å². The van der Waals surface area contributed by atoms with Gasteiger partial charge in [0.1, 0.15) is 0 Å². The molecule has 2 saturated carbocycles. The lowest BCUT2D eigenvalue weighted by Crippen LogP contribution is -2.55. The molecular weight excluding hydrogens is 507 g/mol. The van der Waals surface area contributed by atoms with Crippen molar-refractivity contribution in [3.8, 4) is 11.5 Å². The number of methoxy groups -OCH3 is 2. The van der Waals surface area contributed by atoms with Crippen LogP contribution >= 0.6 is 0 Å². The highest BCUT2D eigenvalue weighted by Gasteiger charge is 2.53. The van der Waals surface area contributed by atoms with Gasteiger partial charge in [-0.15, -0.1) is 0 Å². The van der Waals surface area contributed by atoms with Crippen LogP contribution in [-0.2, 0) is 11.6 Å². The number of hydrogen-bond donors (Lipinski definition) is 2. The fourth-order valence-corrected chi connectivity index (χ4v) is 7.17. The van der Waals surface area contributed by atoms with Gasteiger partial charge in [-0.2, -0.15) is 13.2 Å². The molecule has 0 bridgehead atoms. The highest BCUT2D eigenvalue weighted by atomic mass is 19.4. The zero-order valence-corrected chi connectivity index (χ0v) is 22.7. The summed E-state index contributed by atoms with van der Waals surface area (Å²) in [5.74, 6) is 1.43. The van der Waals surface area contributed by atoms with Crippen LogP contribution in [0.15, 0.2) is 42.5 Å². The molecular formula is C30H38F3N3O3. The lowest BCUT2D eigenvalue weighted by atomic mass is 9.64. The second-order valence-corrected chi connectivity index (χ2v) is 11.2. The van der Waals surface area contributed by atoms with Gasteiger partial charge in [0.2, 0.25) is 0 Å². The maximum absolute atomic E-state index is 13.1. The zero-order valence-electron chi connectivity index (χ0n) is 22.7. The first-order chi connectivity index (χ1) is 18.7. The van der Waals surface area contributed by atoms with Crippen LogP contribution in [0.3, 0.4) is 0 Å². The summed E-state index contributed by atoms with van der Waals surface area (Å²) in [6.45, 7) is 1.02. The van der Waals surface area contributed by atoms with Crippen LogP contribution in [0.5, 0.6) is 11.5 Å². The number of anilines is 1. The van der Waals surface area contributed by atoms with Gasteiger partial charge in [0.05, 0.1) is 19.8 Å². The molecule has 2 aromatic rings. The number of nitrogens with one attached hydrogen (secondary N) is 2. The van der Waals surface area contributed by atoms with Crippen LogP contribution in [-0.4, -0.2) is 49.8 Å². The molecule has 2 aliphatic carbocycles. The lowest BCUT2D eigenvalue weighted by molar-refractivity contribution is -0.137. The number of halogens is 3. The monoisotopic (exact) mass is 545 g/mol. The third-order valence-corrected chi connectivity index (χ3v) is 9.09. The summed E-state index contributed by atoms with van der Waals surface area (Å²) in [7, 11) is 3.30. The van der Waals surface area contributed by atoms with Gasteiger partial charge in [0.25, 0.3) is 0 Å². The Kier molecular flexibility index (Phi) is 7.99. The maximum atomic E-state index is 13.1. The van der Waals surface area contributed by atoms with E-state index in [0.717, 1.165) is 50.1 Å². The van der Waals surface area contributed by atoms with E-state index < -0.39 is 17.8 Å². The Morgan fingerprint density at radius 3 is 2.46 bits per heavy atom. The normalized spacial score (nSPS) is 26.1. The van der Waals surface area contributed by atoms with Gasteiger partial charge >= 0.3 is 12.2 Å². The van der Waals surface area contributed by atoms with Crippen molar-refractivity contribution in [2.24, 2.45) is 0 Å². The third-order valence-electron chi connectivity index (χ3n) is 9.09. The van der Waals surface area contributed by atoms with Crippen molar-refractivity contribution in [3.05, 3.63) is 53.6 Å². The second-order valence-electron chi connectivity index (χ2n) is 11.2. The molecule has 0 radical (unpaired) electrons. The highest BCUT2D eigenvalue weighted by Crippen LogP contribution is 2.51. The van der Waals surface area contributed by atoms with E-state index in [9.17, 15) is 18.0 Å². The summed E-state index contributed by atoms with van der Waals surface area (Å²) in [4.78, 5) is 15.6.